The third-order valence-corrected chi connectivity index (χ3v) is 5.61. The molecule has 0 saturated carbocycles. The molecule has 0 N–H and O–H groups in total. The first-order chi connectivity index (χ1) is 13.5. The van der Waals surface area contributed by atoms with E-state index in [1.165, 1.54) is 0 Å². The van der Waals surface area contributed by atoms with Crippen molar-refractivity contribution < 1.29 is 9.57 Å². The molecule has 0 bridgehead atoms. The van der Waals surface area contributed by atoms with Crippen LogP contribution in [0.3, 0.4) is 0 Å². The largest absolute Gasteiger partial charge is 0.491 e. The molecular weight excluding hydrogens is 397 g/mol. The molecule has 2 heterocycles. The van der Waals surface area contributed by atoms with Gasteiger partial charge in [-0.1, -0.05) is 35.3 Å². The van der Waals surface area contributed by atoms with E-state index in [1.807, 2.05) is 61.0 Å². The fraction of sp³-hybridized carbons (Fsp3) is 0.286. The van der Waals surface area contributed by atoms with Crippen LogP contribution in [-0.4, -0.2) is 34.4 Å². The summed E-state index contributed by atoms with van der Waals surface area (Å²) in [5.41, 5.74) is 0.793. The number of hydrogen-bond acceptors (Lipinski definition) is 4. The number of imidazole rings is 1. The molecule has 0 aliphatic carbocycles. The topological polar surface area (TPSA) is 39.5 Å². The lowest BCUT2D eigenvalue weighted by Gasteiger charge is -2.34. The molecule has 7 heteroatoms. The lowest BCUT2D eigenvalue weighted by Crippen LogP contribution is -2.41. The van der Waals surface area contributed by atoms with E-state index in [4.69, 9.17) is 32.8 Å². The molecule has 0 unspecified atom stereocenters. The highest BCUT2D eigenvalue weighted by Crippen LogP contribution is 2.41. The fourth-order valence-corrected chi connectivity index (χ4v) is 3.93. The van der Waals surface area contributed by atoms with Crippen molar-refractivity contribution in [1.82, 2.24) is 14.6 Å². The van der Waals surface area contributed by atoms with Crippen molar-refractivity contribution >= 4 is 23.2 Å². The van der Waals surface area contributed by atoms with Crippen molar-refractivity contribution in [2.45, 2.75) is 24.6 Å². The molecule has 4 rings (SSSR count). The van der Waals surface area contributed by atoms with Gasteiger partial charge in [-0.15, -0.1) is 0 Å². The van der Waals surface area contributed by atoms with Crippen molar-refractivity contribution in [2.75, 3.05) is 13.7 Å². The van der Waals surface area contributed by atoms with Crippen LogP contribution in [0.2, 0.25) is 10.0 Å². The molecule has 2 aromatic carbocycles. The Kier molecular flexibility index (Phi) is 5.60. The van der Waals surface area contributed by atoms with E-state index in [9.17, 15) is 0 Å². The Labute approximate surface area is 174 Å². The smallest absolute Gasteiger partial charge is 0.119 e. The molecule has 1 aliphatic rings. The lowest BCUT2D eigenvalue weighted by atomic mass is 9.85. The van der Waals surface area contributed by atoms with Crippen LogP contribution >= 0.6 is 23.2 Å². The number of ether oxygens (including phenoxy) is 1. The molecule has 5 nitrogen and oxygen atoms in total. The minimum atomic E-state index is -0.348. The number of aromatic nitrogens is 2. The Morgan fingerprint density at radius 3 is 2.43 bits per heavy atom. The number of halogens is 2. The highest BCUT2D eigenvalue weighted by molar-refractivity contribution is 6.30. The van der Waals surface area contributed by atoms with Gasteiger partial charge >= 0.3 is 0 Å². The van der Waals surface area contributed by atoms with Gasteiger partial charge in [-0.3, -0.25) is 4.84 Å². The molecule has 1 saturated heterocycles. The van der Waals surface area contributed by atoms with Gasteiger partial charge in [0.2, 0.25) is 0 Å². The average Bonchev–Trinajstić information content (AvgIpc) is 3.31. The summed E-state index contributed by atoms with van der Waals surface area (Å²) in [7, 11) is 1.97. The predicted molar refractivity (Wildman–Crippen MR) is 110 cm³/mol. The third-order valence-electron chi connectivity index (χ3n) is 5.11. The fourth-order valence-electron chi connectivity index (χ4n) is 3.67. The number of likely N-dealkylation sites (N-methyl/N-ethyl adjacent to an activating group) is 1. The molecule has 0 radical (unpaired) electrons. The molecule has 1 aliphatic heterocycles. The van der Waals surface area contributed by atoms with Crippen LogP contribution in [0.1, 0.15) is 12.0 Å². The summed E-state index contributed by atoms with van der Waals surface area (Å²) in [5.74, 6) is 0.772. The second-order valence-corrected chi connectivity index (χ2v) is 7.84. The van der Waals surface area contributed by atoms with Crippen molar-refractivity contribution in [2.24, 2.45) is 0 Å². The maximum absolute atomic E-state index is 6.17. The van der Waals surface area contributed by atoms with Gasteiger partial charge in [-0.05, 0) is 42.0 Å². The maximum atomic E-state index is 6.17. The maximum Gasteiger partial charge on any atom is 0.119 e. The van der Waals surface area contributed by atoms with Gasteiger partial charge in [0.1, 0.15) is 18.5 Å². The summed E-state index contributed by atoms with van der Waals surface area (Å²) in [5, 5.41) is 3.34. The Morgan fingerprint density at radius 1 is 1.11 bits per heavy atom. The molecule has 2 atom stereocenters. The van der Waals surface area contributed by atoms with Gasteiger partial charge in [0.15, 0.2) is 0 Å². The van der Waals surface area contributed by atoms with E-state index in [-0.39, 0.29) is 11.6 Å². The van der Waals surface area contributed by atoms with Crippen LogP contribution in [0.4, 0.5) is 0 Å². The Morgan fingerprint density at radius 2 is 1.79 bits per heavy atom. The van der Waals surface area contributed by atoms with Crippen molar-refractivity contribution in [3.8, 4) is 5.75 Å². The van der Waals surface area contributed by atoms with Gasteiger partial charge in [-0.2, -0.15) is 5.06 Å². The van der Waals surface area contributed by atoms with Gasteiger partial charge < -0.3 is 9.30 Å². The number of hydroxylamine groups is 2. The van der Waals surface area contributed by atoms with Crippen molar-refractivity contribution in [1.29, 1.82) is 0 Å². The minimum Gasteiger partial charge on any atom is -0.491 e. The molecule has 1 fully saturated rings. The Hall–Kier alpha value is -2.05. The van der Waals surface area contributed by atoms with E-state index in [1.54, 1.807) is 6.20 Å². The number of nitrogens with zero attached hydrogens (tertiary/aromatic N) is 3. The normalized spacial score (nSPS) is 22.5. The van der Waals surface area contributed by atoms with Gasteiger partial charge in [0.25, 0.3) is 0 Å². The van der Waals surface area contributed by atoms with Gasteiger partial charge in [-0.25, -0.2) is 4.98 Å². The number of rotatable bonds is 6. The third kappa shape index (κ3) is 4.03. The second-order valence-electron chi connectivity index (χ2n) is 6.97. The predicted octanol–water partition coefficient (Wildman–Crippen LogP) is 4.80. The molecular formula is C21H21Cl2N3O2. The summed E-state index contributed by atoms with van der Waals surface area (Å²) in [6.45, 7) is 1.16. The molecule has 0 spiro atoms. The van der Waals surface area contributed by atoms with Crippen molar-refractivity contribution in [3.05, 3.63) is 82.9 Å². The van der Waals surface area contributed by atoms with Crippen LogP contribution in [-0.2, 0) is 16.9 Å². The molecule has 28 heavy (non-hydrogen) atoms. The van der Waals surface area contributed by atoms with Crippen LogP contribution in [0, 0.1) is 0 Å². The summed E-state index contributed by atoms with van der Waals surface area (Å²) in [4.78, 5) is 10.3. The standard InChI is InChI=1S/C21H21Cl2N3O2/c1-25-21(14-26-11-10-24-15-26,16-2-4-17(22)5-3-16)12-20(28-25)13-27-19-8-6-18(23)7-9-19/h2-11,15,20H,12-14H2,1H3/t20-,21+/m0/s1. The SMILES string of the molecule is CN1O[C@H](COc2ccc(Cl)cc2)C[C@@]1(Cn1ccnc1)c1ccc(Cl)cc1. The summed E-state index contributed by atoms with van der Waals surface area (Å²) in [6, 6.07) is 15.3. The minimum absolute atomic E-state index is 0.0834. The zero-order valence-electron chi connectivity index (χ0n) is 15.5. The van der Waals surface area contributed by atoms with E-state index in [0.29, 0.717) is 23.2 Å². The molecule has 3 aromatic rings. The first kappa shape index (κ1) is 19.3. The van der Waals surface area contributed by atoms with Crippen LogP contribution in [0.5, 0.6) is 5.75 Å². The van der Waals surface area contributed by atoms with E-state index in [0.717, 1.165) is 17.7 Å². The molecule has 1 aromatic heterocycles. The Bertz CT molecular complexity index is 900. The lowest BCUT2D eigenvalue weighted by molar-refractivity contribution is -0.179. The summed E-state index contributed by atoms with van der Waals surface area (Å²) in [6.07, 6.45) is 6.26. The second kappa shape index (κ2) is 8.13. The highest BCUT2D eigenvalue weighted by atomic mass is 35.5. The molecule has 0 amide bonds. The average molecular weight is 418 g/mol. The first-order valence-corrected chi connectivity index (χ1v) is 9.81. The van der Waals surface area contributed by atoms with Gasteiger partial charge in [0, 0.05) is 42.5 Å². The van der Waals surface area contributed by atoms with Gasteiger partial charge in [0.05, 0.1) is 11.9 Å². The number of hydrogen-bond donors (Lipinski definition) is 0. The quantitative estimate of drug-likeness (QED) is 0.577. The van der Waals surface area contributed by atoms with E-state index >= 15 is 0 Å². The number of benzene rings is 2. The first-order valence-electron chi connectivity index (χ1n) is 9.06. The van der Waals surface area contributed by atoms with Crippen LogP contribution in [0.15, 0.2) is 67.3 Å². The highest BCUT2D eigenvalue weighted by Gasteiger charge is 2.47. The Balaban J connectivity index is 1.55. The summed E-state index contributed by atoms with van der Waals surface area (Å²) >= 11 is 12.0. The molecule has 146 valence electrons. The van der Waals surface area contributed by atoms with Crippen LogP contribution < -0.4 is 4.74 Å². The summed E-state index contributed by atoms with van der Waals surface area (Å²) < 4.78 is 7.99. The van der Waals surface area contributed by atoms with Crippen LogP contribution in [0.25, 0.3) is 0 Å². The van der Waals surface area contributed by atoms with E-state index in [2.05, 4.69) is 21.7 Å². The van der Waals surface area contributed by atoms with Crippen molar-refractivity contribution in [3.63, 3.8) is 0 Å². The van der Waals surface area contributed by atoms with E-state index < -0.39 is 0 Å². The monoisotopic (exact) mass is 417 g/mol. The zero-order chi connectivity index (χ0) is 19.6. The zero-order valence-corrected chi connectivity index (χ0v) is 17.0.